The Kier molecular flexibility index (Phi) is 6.32. The van der Waals surface area contributed by atoms with Gasteiger partial charge in [-0.3, -0.25) is 14.4 Å². The van der Waals surface area contributed by atoms with Crippen molar-refractivity contribution in [3.8, 4) is 0 Å². The van der Waals surface area contributed by atoms with Gasteiger partial charge in [-0.2, -0.15) is 0 Å². The number of rotatable bonds is 6. The topological polar surface area (TPSA) is 78.5 Å². The summed E-state index contributed by atoms with van der Waals surface area (Å²) in [5, 5.41) is 5.81. The van der Waals surface area contributed by atoms with Crippen LogP contribution in [0.15, 0.2) is 0 Å². The van der Waals surface area contributed by atoms with Crippen molar-refractivity contribution in [2.45, 2.75) is 70.3 Å². The van der Waals surface area contributed by atoms with Crippen LogP contribution in [0.4, 0.5) is 0 Å². The fraction of sp³-hybridized carbons (Fsp3) is 0.842. The first-order valence-electron chi connectivity index (χ1n) is 10.00. The summed E-state index contributed by atoms with van der Waals surface area (Å²) < 4.78 is 0. The van der Waals surface area contributed by atoms with E-state index in [0.29, 0.717) is 32.1 Å². The van der Waals surface area contributed by atoms with Gasteiger partial charge < -0.3 is 15.5 Å². The van der Waals surface area contributed by atoms with Crippen molar-refractivity contribution in [3.05, 3.63) is 0 Å². The minimum absolute atomic E-state index is 0.0548. The third-order valence-corrected chi connectivity index (χ3v) is 5.99. The quantitative estimate of drug-likeness (QED) is 0.715. The fourth-order valence-corrected chi connectivity index (χ4v) is 4.50. The number of nitrogens with zero attached hydrogens (tertiary/aromatic N) is 1. The van der Waals surface area contributed by atoms with E-state index in [4.69, 9.17) is 0 Å². The molecule has 2 N–H and O–H groups in total. The van der Waals surface area contributed by atoms with E-state index in [1.165, 1.54) is 19.3 Å². The van der Waals surface area contributed by atoms with E-state index in [9.17, 15) is 14.4 Å². The van der Waals surface area contributed by atoms with Gasteiger partial charge in [-0.1, -0.05) is 32.1 Å². The van der Waals surface area contributed by atoms with E-state index in [0.717, 1.165) is 38.5 Å². The molecule has 25 heavy (non-hydrogen) atoms. The number of carbonyl (C=O) groups excluding carboxylic acids is 3. The van der Waals surface area contributed by atoms with E-state index in [2.05, 4.69) is 10.6 Å². The smallest absolute Gasteiger partial charge is 0.225 e. The molecule has 0 bridgehead atoms. The molecule has 3 aliphatic rings. The molecule has 2 aliphatic carbocycles. The highest BCUT2D eigenvalue weighted by Crippen LogP contribution is 2.29. The van der Waals surface area contributed by atoms with Crippen molar-refractivity contribution in [1.29, 1.82) is 0 Å². The van der Waals surface area contributed by atoms with Gasteiger partial charge in [0.1, 0.15) is 0 Å². The van der Waals surface area contributed by atoms with Gasteiger partial charge in [0.15, 0.2) is 0 Å². The summed E-state index contributed by atoms with van der Waals surface area (Å²) in [4.78, 5) is 38.4. The standard InChI is InChI=1S/C19H31N3O3/c23-17-12-15(13-22(17)16-8-4-5-9-16)19(25)21-11-10-20-18(24)14-6-2-1-3-7-14/h14-16H,1-13H2,(H,20,24)(H,21,25)/t15-/m1/s1. The minimum Gasteiger partial charge on any atom is -0.354 e. The molecule has 6 nitrogen and oxygen atoms in total. The Morgan fingerprint density at radius 3 is 2.04 bits per heavy atom. The van der Waals surface area contributed by atoms with Crippen LogP contribution in [0.5, 0.6) is 0 Å². The average Bonchev–Trinajstić information content (AvgIpc) is 3.28. The largest absolute Gasteiger partial charge is 0.354 e. The number of amides is 3. The molecule has 0 unspecified atom stereocenters. The van der Waals surface area contributed by atoms with Crippen LogP contribution in [0.2, 0.25) is 0 Å². The first-order valence-corrected chi connectivity index (χ1v) is 10.00. The molecule has 2 saturated carbocycles. The van der Waals surface area contributed by atoms with Crippen LogP contribution in [0, 0.1) is 11.8 Å². The summed E-state index contributed by atoms with van der Waals surface area (Å²) in [5.74, 6) is 0.106. The third kappa shape index (κ3) is 4.73. The van der Waals surface area contributed by atoms with E-state index in [1.807, 2.05) is 4.90 Å². The van der Waals surface area contributed by atoms with Crippen molar-refractivity contribution < 1.29 is 14.4 Å². The Labute approximate surface area is 150 Å². The molecule has 0 spiro atoms. The van der Waals surface area contributed by atoms with Crippen LogP contribution in [0.25, 0.3) is 0 Å². The molecule has 1 heterocycles. The van der Waals surface area contributed by atoms with Crippen LogP contribution >= 0.6 is 0 Å². The van der Waals surface area contributed by atoms with Crippen molar-refractivity contribution >= 4 is 17.7 Å². The van der Waals surface area contributed by atoms with Gasteiger partial charge in [-0.05, 0) is 25.7 Å². The Bertz CT molecular complexity index is 496. The second-order valence-corrected chi connectivity index (χ2v) is 7.80. The van der Waals surface area contributed by atoms with Crippen molar-refractivity contribution in [2.75, 3.05) is 19.6 Å². The van der Waals surface area contributed by atoms with Crippen molar-refractivity contribution in [3.63, 3.8) is 0 Å². The van der Waals surface area contributed by atoms with Gasteiger partial charge in [0.25, 0.3) is 0 Å². The SMILES string of the molecule is O=C(NCCNC(=O)[C@@H]1CC(=O)N(C2CCCC2)C1)C1CCCCC1. The Hall–Kier alpha value is -1.59. The number of hydrogen-bond acceptors (Lipinski definition) is 3. The molecule has 0 aromatic heterocycles. The van der Waals surface area contributed by atoms with Gasteiger partial charge in [-0.15, -0.1) is 0 Å². The molecule has 3 amide bonds. The zero-order valence-corrected chi connectivity index (χ0v) is 15.1. The number of carbonyl (C=O) groups is 3. The number of nitrogens with one attached hydrogen (secondary N) is 2. The van der Waals surface area contributed by atoms with Gasteiger partial charge in [0, 0.05) is 38.0 Å². The van der Waals surface area contributed by atoms with Crippen molar-refractivity contribution in [1.82, 2.24) is 15.5 Å². The van der Waals surface area contributed by atoms with E-state index < -0.39 is 0 Å². The minimum atomic E-state index is -0.234. The summed E-state index contributed by atoms with van der Waals surface area (Å²) in [6, 6.07) is 0.347. The van der Waals surface area contributed by atoms with Gasteiger partial charge >= 0.3 is 0 Å². The lowest BCUT2D eigenvalue weighted by atomic mass is 9.89. The zero-order valence-electron chi connectivity index (χ0n) is 15.1. The van der Waals surface area contributed by atoms with Gasteiger partial charge in [-0.25, -0.2) is 0 Å². The van der Waals surface area contributed by atoms with E-state index >= 15 is 0 Å². The molecule has 3 fully saturated rings. The Morgan fingerprint density at radius 1 is 0.840 bits per heavy atom. The predicted molar refractivity (Wildman–Crippen MR) is 94.7 cm³/mol. The summed E-state index contributed by atoms with van der Waals surface area (Å²) >= 11 is 0. The molecule has 1 saturated heterocycles. The fourth-order valence-electron chi connectivity index (χ4n) is 4.50. The maximum absolute atomic E-state index is 12.3. The number of hydrogen-bond donors (Lipinski definition) is 2. The molecular formula is C19H31N3O3. The monoisotopic (exact) mass is 349 g/mol. The lowest BCUT2D eigenvalue weighted by Crippen LogP contribution is -2.41. The molecule has 140 valence electrons. The van der Waals surface area contributed by atoms with Crippen LogP contribution < -0.4 is 10.6 Å². The molecule has 0 aromatic rings. The van der Waals surface area contributed by atoms with E-state index in [1.54, 1.807) is 0 Å². The van der Waals surface area contributed by atoms with E-state index in [-0.39, 0.29) is 29.6 Å². The average molecular weight is 349 g/mol. The third-order valence-electron chi connectivity index (χ3n) is 5.99. The summed E-state index contributed by atoms with van der Waals surface area (Å²) in [6.45, 7) is 1.46. The highest BCUT2D eigenvalue weighted by molar-refractivity contribution is 5.89. The molecule has 1 atom stereocenters. The number of likely N-dealkylation sites (tertiary alicyclic amines) is 1. The molecule has 3 rings (SSSR count). The predicted octanol–water partition coefficient (Wildman–Crippen LogP) is 1.59. The van der Waals surface area contributed by atoms with Crippen molar-refractivity contribution in [2.24, 2.45) is 11.8 Å². The van der Waals surface area contributed by atoms with Crippen LogP contribution in [0.3, 0.4) is 0 Å². The lowest BCUT2D eigenvalue weighted by molar-refractivity contribution is -0.130. The molecule has 6 heteroatoms. The normalized spacial score (nSPS) is 25.4. The molecule has 1 aliphatic heterocycles. The highest BCUT2D eigenvalue weighted by atomic mass is 16.2. The summed E-state index contributed by atoms with van der Waals surface area (Å²) in [6.07, 6.45) is 10.3. The molecule has 0 aromatic carbocycles. The van der Waals surface area contributed by atoms with Crippen LogP contribution in [-0.4, -0.2) is 48.3 Å². The van der Waals surface area contributed by atoms with Crippen LogP contribution in [-0.2, 0) is 14.4 Å². The lowest BCUT2D eigenvalue weighted by Gasteiger charge is -2.24. The second-order valence-electron chi connectivity index (χ2n) is 7.80. The highest BCUT2D eigenvalue weighted by Gasteiger charge is 2.38. The molecule has 0 radical (unpaired) electrons. The maximum Gasteiger partial charge on any atom is 0.225 e. The summed E-state index contributed by atoms with van der Waals surface area (Å²) in [7, 11) is 0. The first kappa shape index (κ1) is 18.2. The zero-order chi connectivity index (χ0) is 17.6. The summed E-state index contributed by atoms with van der Waals surface area (Å²) in [5.41, 5.74) is 0. The molecular weight excluding hydrogens is 318 g/mol. The van der Waals surface area contributed by atoms with Gasteiger partial charge in [0.2, 0.25) is 17.7 Å². The van der Waals surface area contributed by atoms with Crippen LogP contribution in [0.1, 0.15) is 64.2 Å². The second kappa shape index (κ2) is 8.68. The Balaban J connectivity index is 1.34. The first-order chi connectivity index (χ1) is 12.1. The Morgan fingerprint density at radius 2 is 1.40 bits per heavy atom. The van der Waals surface area contributed by atoms with Gasteiger partial charge in [0.05, 0.1) is 5.92 Å². The maximum atomic E-state index is 12.3.